The first kappa shape index (κ1) is 14.2. The number of alkyl halides is 3. The highest BCUT2D eigenvalue weighted by Gasteiger charge is 2.29. The van der Waals surface area contributed by atoms with Crippen molar-refractivity contribution in [3.8, 4) is 11.8 Å². The maximum atomic E-state index is 12.4. The lowest BCUT2D eigenvalue weighted by molar-refractivity contribution is -0.137. The monoisotopic (exact) mass is 276 g/mol. The summed E-state index contributed by atoms with van der Waals surface area (Å²) in [4.78, 5) is 0. The molecule has 0 radical (unpaired) electrons. The molecule has 0 atom stereocenters. The van der Waals surface area contributed by atoms with Crippen LogP contribution in [0.3, 0.4) is 0 Å². The topological polar surface area (TPSA) is 20.2 Å². The van der Waals surface area contributed by atoms with E-state index in [1.165, 1.54) is 12.1 Å². The minimum atomic E-state index is -4.34. The van der Waals surface area contributed by atoms with Crippen LogP contribution < -0.4 is 0 Å². The third-order valence-corrected chi connectivity index (χ3v) is 2.74. The van der Waals surface area contributed by atoms with Crippen molar-refractivity contribution in [3.05, 3.63) is 70.8 Å². The van der Waals surface area contributed by atoms with E-state index >= 15 is 0 Å². The van der Waals surface area contributed by atoms with Gasteiger partial charge in [-0.25, -0.2) is 0 Å². The molecule has 0 unspecified atom stereocenters. The van der Waals surface area contributed by atoms with Crippen LogP contribution in [0.25, 0.3) is 0 Å². The van der Waals surface area contributed by atoms with Crippen LogP contribution in [0.2, 0.25) is 0 Å². The first-order chi connectivity index (χ1) is 9.50. The summed E-state index contributed by atoms with van der Waals surface area (Å²) in [6, 6.07) is 11.7. The van der Waals surface area contributed by atoms with Crippen molar-refractivity contribution in [2.45, 2.75) is 12.8 Å². The molecule has 20 heavy (non-hydrogen) atoms. The molecule has 0 spiro atoms. The van der Waals surface area contributed by atoms with E-state index in [4.69, 9.17) is 5.11 Å². The van der Waals surface area contributed by atoms with E-state index in [-0.39, 0.29) is 6.61 Å². The maximum Gasteiger partial charge on any atom is 0.416 e. The number of aliphatic hydroxyl groups is 1. The van der Waals surface area contributed by atoms with Gasteiger partial charge in [0, 0.05) is 11.1 Å². The zero-order chi connectivity index (χ0) is 14.6. The lowest BCUT2D eigenvalue weighted by Gasteiger charge is -2.05. The van der Waals surface area contributed by atoms with E-state index in [0.29, 0.717) is 16.7 Å². The van der Waals surface area contributed by atoms with Crippen LogP contribution in [0.5, 0.6) is 0 Å². The first-order valence-electron chi connectivity index (χ1n) is 5.89. The average molecular weight is 276 g/mol. The predicted octanol–water partition coefficient (Wildman–Crippen LogP) is 3.60. The molecule has 0 saturated carbocycles. The molecule has 1 nitrogen and oxygen atoms in total. The summed E-state index contributed by atoms with van der Waals surface area (Å²) in [7, 11) is 0. The molecule has 0 aromatic heterocycles. The molecular weight excluding hydrogens is 265 g/mol. The van der Waals surface area contributed by atoms with Gasteiger partial charge in [0.15, 0.2) is 0 Å². The van der Waals surface area contributed by atoms with Crippen molar-refractivity contribution in [2.24, 2.45) is 0 Å². The van der Waals surface area contributed by atoms with Crippen LogP contribution >= 0.6 is 0 Å². The van der Waals surface area contributed by atoms with Gasteiger partial charge in [-0.05, 0) is 35.9 Å². The standard InChI is InChI=1S/C16H11F3O/c17-16(18,19)15-9-6-12(7-10-15)5-8-13-3-1-2-4-14(13)11-20/h1-4,6-7,9-10,20H,11H2. The largest absolute Gasteiger partial charge is 0.416 e. The zero-order valence-electron chi connectivity index (χ0n) is 10.4. The molecule has 102 valence electrons. The fraction of sp³-hybridized carbons (Fsp3) is 0.125. The van der Waals surface area contributed by atoms with Gasteiger partial charge in [-0.3, -0.25) is 0 Å². The number of benzene rings is 2. The molecule has 0 fully saturated rings. The highest BCUT2D eigenvalue weighted by molar-refractivity contribution is 5.46. The van der Waals surface area contributed by atoms with E-state index in [1.54, 1.807) is 24.3 Å². The van der Waals surface area contributed by atoms with Crippen molar-refractivity contribution in [2.75, 3.05) is 0 Å². The fourth-order valence-corrected chi connectivity index (χ4v) is 1.66. The Balaban J connectivity index is 2.25. The van der Waals surface area contributed by atoms with Crippen LogP contribution in [-0.4, -0.2) is 5.11 Å². The molecule has 1 N–H and O–H groups in total. The summed E-state index contributed by atoms with van der Waals surface area (Å²) < 4.78 is 37.2. The lowest BCUT2D eigenvalue weighted by Crippen LogP contribution is -2.04. The Morgan fingerprint density at radius 2 is 1.55 bits per heavy atom. The second-order valence-electron chi connectivity index (χ2n) is 4.14. The Hall–Kier alpha value is -2.25. The number of halogens is 3. The Morgan fingerprint density at radius 3 is 2.15 bits per heavy atom. The molecule has 0 aliphatic rings. The van der Waals surface area contributed by atoms with Gasteiger partial charge in [-0.1, -0.05) is 30.0 Å². The SMILES string of the molecule is OCc1ccccc1C#Cc1ccc(C(F)(F)F)cc1. The number of hydrogen-bond acceptors (Lipinski definition) is 1. The summed E-state index contributed by atoms with van der Waals surface area (Å²) in [5, 5.41) is 9.15. The molecule has 0 amide bonds. The molecule has 0 bridgehead atoms. The third-order valence-electron chi connectivity index (χ3n) is 2.74. The van der Waals surface area contributed by atoms with Crippen LogP contribution in [0.1, 0.15) is 22.3 Å². The summed E-state index contributed by atoms with van der Waals surface area (Å²) in [5.41, 5.74) is 1.14. The van der Waals surface area contributed by atoms with Crippen molar-refractivity contribution in [1.29, 1.82) is 0 Å². The van der Waals surface area contributed by atoms with Crippen molar-refractivity contribution < 1.29 is 18.3 Å². The normalized spacial score (nSPS) is 10.8. The zero-order valence-corrected chi connectivity index (χ0v) is 10.4. The van der Waals surface area contributed by atoms with Gasteiger partial charge < -0.3 is 5.11 Å². The summed E-state index contributed by atoms with van der Waals surface area (Å²) in [6.45, 7) is -0.127. The number of rotatable bonds is 1. The van der Waals surface area contributed by atoms with Gasteiger partial charge in [0.25, 0.3) is 0 Å². The van der Waals surface area contributed by atoms with Gasteiger partial charge in [-0.15, -0.1) is 0 Å². The van der Waals surface area contributed by atoms with Crippen LogP contribution in [0, 0.1) is 11.8 Å². The number of hydrogen-bond donors (Lipinski definition) is 1. The van der Waals surface area contributed by atoms with Crippen molar-refractivity contribution in [3.63, 3.8) is 0 Å². The first-order valence-corrected chi connectivity index (χ1v) is 5.89. The summed E-state index contributed by atoms with van der Waals surface area (Å²) >= 11 is 0. The molecule has 4 heteroatoms. The highest BCUT2D eigenvalue weighted by atomic mass is 19.4. The van der Waals surface area contributed by atoms with E-state index in [1.807, 2.05) is 0 Å². The second kappa shape index (κ2) is 5.81. The molecule has 2 rings (SSSR count). The van der Waals surface area contributed by atoms with Gasteiger partial charge in [0.1, 0.15) is 0 Å². The van der Waals surface area contributed by atoms with Crippen LogP contribution in [0.15, 0.2) is 48.5 Å². The molecule has 0 heterocycles. The molecule has 2 aromatic carbocycles. The maximum absolute atomic E-state index is 12.4. The minimum Gasteiger partial charge on any atom is -0.392 e. The number of aliphatic hydroxyl groups excluding tert-OH is 1. The van der Waals surface area contributed by atoms with Gasteiger partial charge in [0.2, 0.25) is 0 Å². The van der Waals surface area contributed by atoms with Gasteiger partial charge in [-0.2, -0.15) is 13.2 Å². The fourth-order valence-electron chi connectivity index (χ4n) is 1.66. The second-order valence-corrected chi connectivity index (χ2v) is 4.14. The molecular formula is C16H11F3O. The predicted molar refractivity (Wildman–Crippen MR) is 69.8 cm³/mol. The summed E-state index contributed by atoms with van der Waals surface area (Å²) in [6.07, 6.45) is -4.34. The van der Waals surface area contributed by atoms with Crippen molar-refractivity contribution >= 4 is 0 Å². The van der Waals surface area contributed by atoms with Crippen LogP contribution in [0.4, 0.5) is 13.2 Å². The quantitative estimate of drug-likeness (QED) is 0.789. The van der Waals surface area contributed by atoms with Crippen LogP contribution in [-0.2, 0) is 12.8 Å². The van der Waals surface area contributed by atoms with E-state index < -0.39 is 11.7 Å². The molecule has 0 saturated heterocycles. The van der Waals surface area contributed by atoms with E-state index in [2.05, 4.69) is 11.8 Å². The Bertz CT molecular complexity index is 646. The lowest BCUT2D eigenvalue weighted by atomic mass is 10.1. The Morgan fingerprint density at radius 1 is 0.900 bits per heavy atom. The smallest absolute Gasteiger partial charge is 0.392 e. The van der Waals surface area contributed by atoms with E-state index in [0.717, 1.165) is 12.1 Å². The Labute approximate surface area is 114 Å². The van der Waals surface area contributed by atoms with Gasteiger partial charge in [0.05, 0.1) is 12.2 Å². The Kier molecular flexibility index (Phi) is 4.11. The third kappa shape index (κ3) is 3.40. The van der Waals surface area contributed by atoms with Crippen molar-refractivity contribution in [1.82, 2.24) is 0 Å². The molecule has 0 aliphatic carbocycles. The highest BCUT2D eigenvalue weighted by Crippen LogP contribution is 2.28. The van der Waals surface area contributed by atoms with Gasteiger partial charge >= 0.3 is 6.18 Å². The summed E-state index contributed by atoms with van der Waals surface area (Å²) in [5.74, 6) is 5.63. The minimum absolute atomic E-state index is 0.127. The molecule has 0 aliphatic heterocycles. The van der Waals surface area contributed by atoms with E-state index in [9.17, 15) is 13.2 Å². The molecule has 2 aromatic rings. The average Bonchev–Trinajstić information content (AvgIpc) is 2.45.